The van der Waals surface area contributed by atoms with Crippen molar-refractivity contribution in [2.24, 2.45) is 5.90 Å². The van der Waals surface area contributed by atoms with Crippen molar-refractivity contribution in [1.82, 2.24) is 41.6 Å². The predicted molar refractivity (Wildman–Crippen MR) is 160 cm³/mol. The molecule has 0 aliphatic rings. The molecule has 47 heavy (non-hydrogen) atoms. The van der Waals surface area contributed by atoms with Crippen LogP contribution in [0.3, 0.4) is 0 Å². The second-order valence-electron chi connectivity index (χ2n) is 9.11. The molecule has 0 saturated heterocycles. The highest BCUT2D eigenvalue weighted by Gasteiger charge is 2.10. The zero-order valence-electron chi connectivity index (χ0n) is 26.6. The summed E-state index contributed by atoms with van der Waals surface area (Å²) < 4.78 is 33.5. The zero-order chi connectivity index (χ0) is 34.4. The third kappa shape index (κ3) is 24.9. The van der Waals surface area contributed by atoms with Crippen LogP contribution in [-0.2, 0) is 65.6 Å². The lowest BCUT2D eigenvalue weighted by Crippen LogP contribution is -2.45. The van der Waals surface area contributed by atoms with Gasteiger partial charge in [0.25, 0.3) is 0 Å². The number of ether oxygens (including phenoxy) is 6. The molecule has 0 atom stereocenters. The molecule has 0 saturated carbocycles. The minimum absolute atomic E-state index is 0.0700. The van der Waals surface area contributed by atoms with E-state index in [1.54, 1.807) is 10.9 Å². The van der Waals surface area contributed by atoms with E-state index in [0.29, 0.717) is 78.3 Å². The minimum atomic E-state index is -0.718. The van der Waals surface area contributed by atoms with Crippen LogP contribution in [0.1, 0.15) is 12.6 Å². The monoisotopic (exact) mass is 677 g/mol. The fraction of sp³-hybridized carbons (Fsp3) is 0.731. The van der Waals surface area contributed by atoms with E-state index >= 15 is 0 Å². The number of carbonyl (C=O) groups is 5. The van der Waals surface area contributed by atoms with Gasteiger partial charge in [0, 0.05) is 19.7 Å². The number of nitrogens with two attached hydrogens (primary N) is 1. The van der Waals surface area contributed by atoms with Crippen molar-refractivity contribution >= 4 is 29.7 Å². The van der Waals surface area contributed by atoms with Gasteiger partial charge in [0.05, 0.1) is 91.8 Å². The number of nitrogens with zero attached hydrogens (tertiary/aromatic N) is 3. The van der Waals surface area contributed by atoms with Crippen LogP contribution in [0.15, 0.2) is 6.20 Å². The number of amides is 5. The second-order valence-corrected chi connectivity index (χ2v) is 9.11. The van der Waals surface area contributed by atoms with Crippen LogP contribution in [0.5, 0.6) is 0 Å². The lowest BCUT2D eigenvalue weighted by atomic mass is 10.4. The predicted octanol–water partition coefficient (Wildman–Crippen LogP) is -4.04. The lowest BCUT2D eigenvalue weighted by molar-refractivity contribution is -0.130. The Kier molecular flexibility index (Phi) is 24.7. The summed E-state index contributed by atoms with van der Waals surface area (Å²) in [5, 5.41) is 19.6. The highest BCUT2D eigenvalue weighted by atomic mass is 16.6. The molecule has 0 spiro atoms. The van der Waals surface area contributed by atoms with Gasteiger partial charge in [-0.05, 0) is 6.92 Å². The summed E-state index contributed by atoms with van der Waals surface area (Å²) in [7, 11) is 0. The summed E-state index contributed by atoms with van der Waals surface area (Å²) in [6, 6.07) is 0. The fourth-order valence-corrected chi connectivity index (χ4v) is 3.10. The molecule has 0 aliphatic carbocycles. The summed E-state index contributed by atoms with van der Waals surface area (Å²) in [6.45, 7) is 5.89. The standard InChI is InChI=1S/C26H47N9O12/c1-2-41-7-8-43-11-12-45-14-13-44-10-9-42-6-5-35-18-21(33-34-35)19-46-26(40)29-4-3-28-22(36)15-30-23(37)16-31-24(38)17-32-25(39)20-47-27/h18H,2-17,19-20,27H2,1H3,(H,28,36)(H,29,40)(H,30,37)(H,31,38)(H,32,39). The summed E-state index contributed by atoms with van der Waals surface area (Å²) in [6.07, 6.45) is 0.908. The molecule has 0 aromatic carbocycles. The molecule has 21 heteroatoms. The number of rotatable bonds is 29. The second kappa shape index (κ2) is 28.3. The van der Waals surface area contributed by atoms with Crippen LogP contribution >= 0.6 is 0 Å². The van der Waals surface area contributed by atoms with Crippen molar-refractivity contribution in [2.75, 3.05) is 105 Å². The van der Waals surface area contributed by atoms with Gasteiger partial charge in [-0.2, -0.15) is 0 Å². The van der Waals surface area contributed by atoms with E-state index in [2.05, 4.69) is 41.7 Å². The zero-order valence-corrected chi connectivity index (χ0v) is 26.6. The van der Waals surface area contributed by atoms with Crippen LogP contribution in [0.4, 0.5) is 4.79 Å². The van der Waals surface area contributed by atoms with Crippen molar-refractivity contribution in [3.05, 3.63) is 11.9 Å². The van der Waals surface area contributed by atoms with Gasteiger partial charge in [0.2, 0.25) is 23.6 Å². The smallest absolute Gasteiger partial charge is 0.407 e. The van der Waals surface area contributed by atoms with Crippen molar-refractivity contribution in [3.63, 3.8) is 0 Å². The van der Waals surface area contributed by atoms with Crippen molar-refractivity contribution in [3.8, 4) is 0 Å². The lowest BCUT2D eigenvalue weighted by Gasteiger charge is -2.09. The first-order valence-electron chi connectivity index (χ1n) is 14.9. The average Bonchev–Trinajstić information content (AvgIpc) is 3.52. The van der Waals surface area contributed by atoms with E-state index in [1.807, 2.05) is 6.92 Å². The van der Waals surface area contributed by atoms with E-state index in [4.69, 9.17) is 34.3 Å². The van der Waals surface area contributed by atoms with Gasteiger partial charge in [0.1, 0.15) is 18.9 Å². The maximum absolute atomic E-state index is 11.9. The minimum Gasteiger partial charge on any atom is -0.443 e. The summed E-state index contributed by atoms with van der Waals surface area (Å²) >= 11 is 0. The van der Waals surface area contributed by atoms with Gasteiger partial charge in [-0.3, -0.25) is 24.0 Å². The van der Waals surface area contributed by atoms with Gasteiger partial charge < -0.3 is 55.0 Å². The molecule has 0 unspecified atom stereocenters. The number of carbonyl (C=O) groups excluding carboxylic acids is 5. The molecule has 7 N–H and O–H groups in total. The van der Waals surface area contributed by atoms with E-state index in [0.717, 1.165) is 0 Å². The quantitative estimate of drug-likeness (QED) is 0.0348. The maximum atomic E-state index is 11.9. The summed E-state index contributed by atoms with van der Waals surface area (Å²) in [5.41, 5.74) is 0.439. The van der Waals surface area contributed by atoms with Crippen LogP contribution in [0, 0.1) is 0 Å². The first-order chi connectivity index (χ1) is 22.8. The van der Waals surface area contributed by atoms with Crippen molar-refractivity contribution < 1.29 is 57.2 Å². The third-order valence-corrected chi connectivity index (χ3v) is 5.36. The van der Waals surface area contributed by atoms with Crippen LogP contribution in [0.25, 0.3) is 0 Å². The van der Waals surface area contributed by atoms with Gasteiger partial charge in [0.15, 0.2) is 0 Å². The Bertz CT molecular complexity index is 1030. The molecular formula is C26H47N9O12. The van der Waals surface area contributed by atoms with E-state index in [1.165, 1.54) is 0 Å². The molecule has 21 nitrogen and oxygen atoms in total. The van der Waals surface area contributed by atoms with Gasteiger partial charge in [-0.15, -0.1) is 5.10 Å². The first kappa shape index (κ1) is 41.0. The van der Waals surface area contributed by atoms with Crippen molar-refractivity contribution in [1.29, 1.82) is 0 Å². The summed E-state index contributed by atoms with van der Waals surface area (Å²) in [5.74, 6) is 2.38. The Hall–Kier alpha value is -3.99. The highest BCUT2D eigenvalue weighted by Crippen LogP contribution is 1.97. The Morgan fingerprint density at radius 3 is 1.72 bits per heavy atom. The third-order valence-electron chi connectivity index (χ3n) is 5.36. The Morgan fingerprint density at radius 2 is 1.17 bits per heavy atom. The molecule has 0 radical (unpaired) electrons. The Balaban J connectivity index is 1.97. The molecule has 0 aliphatic heterocycles. The SMILES string of the molecule is CCOCCOCCOCCOCCOCCn1cc(COC(=O)NCCNC(=O)CNC(=O)CNC(=O)CNC(=O)CON)nn1. The van der Waals surface area contributed by atoms with Crippen LogP contribution < -0.4 is 32.5 Å². The molecule has 0 fully saturated rings. The number of nitrogens with one attached hydrogen (secondary N) is 5. The molecule has 5 amide bonds. The molecule has 1 heterocycles. The number of alkyl carbamates (subject to hydrolysis) is 1. The Morgan fingerprint density at radius 1 is 0.681 bits per heavy atom. The largest absolute Gasteiger partial charge is 0.443 e. The van der Waals surface area contributed by atoms with Crippen LogP contribution in [0.2, 0.25) is 0 Å². The molecule has 1 aromatic rings. The topological polar surface area (TPSA) is 267 Å². The van der Waals surface area contributed by atoms with Gasteiger partial charge >= 0.3 is 6.09 Å². The number of aromatic nitrogens is 3. The van der Waals surface area contributed by atoms with E-state index < -0.39 is 42.9 Å². The molecule has 268 valence electrons. The highest BCUT2D eigenvalue weighted by molar-refractivity contribution is 5.90. The fourth-order valence-electron chi connectivity index (χ4n) is 3.10. The maximum Gasteiger partial charge on any atom is 0.407 e. The number of hydrogen-bond acceptors (Lipinski definition) is 15. The van der Waals surface area contributed by atoms with E-state index in [9.17, 15) is 24.0 Å². The normalized spacial score (nSPS) is 10.7. The molecule has 0 bridgehead atoms. The number of hydrogen-bond donors (Lipinski definition) is 6. The van der Waals surface area contributed by atoms with Crippen LogP contribution in [-0.4, -0.2) is 150 Å². The Labute approximate surface area is 272 Å². The van der Waals surface area contributed by atoms with Crippen molar-refractivity contribution in [2.45, 2.75) is 20.1 Å². The van der Waals surface area contributed by atoms with Gasteiger partial charge in [-0.1, -0.05) is 5.21 Å². The van der Waals surface area contributed by atoms with E-state index in [-0.39, 0.29) is 32.8 Å². The summed E-state index contributed by atoms with van der Waals surface area (Å²) in [4.78, 5) is 62.2. The van der Waals surface area contributed by atoms with Gasteiger partial charge in [-0.25, -0.2) is 15.4 Å². The first-order valence-corrected chi connectivity index (χ1v) is 14.9. The average molecular weight is 678 g/mol. The molecular weight excluding hydrogens is 630 g/mol. The molecule has 1 aromatic heterocycles. The molecule has 1 rings (SSSR count).